The second kappa shape index (κ2) is 17.4. The van der Waals surface area contributed by atoms with Crippen LogP contribution in [0.15, 0.2) is 59.8 Å². The fourth-order valence-electron chi connectivity index (χ4n) is 3.94. The van der Waals surface area contributed by atoms with E-state index in [1.807, 2.05) is 42.5 Å². The number of nitrogens with zero attached hydrogens (tertiary/aromatic N) is 2. The highest BCUT2D eigenvalue weighted by Crippen LogP contribution is 2.20. The largest absolute Gasteiger partial charge is 0.356 e. The van der Waals surface area contributed by atoms with E-state index in [4.69, 9.17) is 0 Å². The van der Waals surface area contributed by atoms with Crippen LogP contribution < -0.4 is 5.32 Å². The maximum absolute atomic E-state index is 10.2. The number of para-hydroxylation sites is 1. The normalized spacial score (nSPS) is 10.9. The van der Waals surface area contributed by atoms with Gasteiger partial charge in [0, 0.05) is 11.4 Å². The summed E-state index contributed by atoms with van der Waals surface area (Å²) in [6, 6.07) is 16.8. The second-order valence-electron chi connectivity index (χ2n) is 8.78. The smallest absolute Gasteiger partial charge is 0.108 e. The van der Waals surface area contributed by atoms with E-state index in [1.165, 1.54) is 82.0 Å². The van der Waals surface area contributed by atoms with Crippen molar-refractivity contribution in [2.45, 2.75) is 79.1 Å². The molecule has 4 heteroatoms. The van der Waals surface area contributed by atoms with Crippen molar-refractivity contribution in [3.63, 3.8) is 0 Å². The first-order chi connectivity index (χ1) is 15.6. The van der Waals surface area contributed by atoms with Gasteiger partial charge >= 0.3 is 0 Å². The maximum Gasteiger partial charge on any atom is 0.108 e. The van der Waals surface area contributed by atoms with E-state index in [9.17, 15) is 4.91 Å². The molecule has 0 aliphatic heterocycles. The molecule has 1 N–H and O–H groups in total. The molecule has 0 aliphatic rings. The molecule has 0 spiro atoms. The summed E-state index contributed by atoms with van der Waals surface area (Å²) in [6.07, 6.45) is 11.1. The Balaban J connectivity index is 0.000000321. The summed E-state index contributed by atoms with van der Waals surface area (Å²) in [5.74, 6) is 0. The predicted molar refractivity (Wildman–Crippen MR) is 141 cm³/mol. The zero-order valence-corrected chi connectivity index (χ0v) is 21.0. The zero-order chi connectivity index (χ0) is 23.5. The summed E-state index contributed by atoms with van der Waals surface area (Å²) in [5.41, 5.74) is 2.39. The number of hydrogen-bond donors (Lipinski definition) is 1. The summed E-state index contributed by atoms with van der Waals surface area (Å²) in [5, 5.41) is 6.05. The number of unbranched alkanes of at least 4 members (excludes halogenated alkanes) is 4. The first kappa shape index (κ1) is 27.8. The molecule has 32 heavy (non-hydrogen) atoms. The first-order valence-electron chi connectivity index (χ1n) is 12.7. The minimum Gasteiger partial charge on any atom is -0.356 e. The fraction of sp³-hybridized carbons (Fsp3) is 0.571. The van der Waals surface area contributed by atoms with Crippen LogP contribution in [-0.4, -0.2) is 30.7 Å². The van der Waals surface area contributed by atoms with Gasteiger partial charge in [0.25, 0.3) is 0 Å². The molecule has 0 heterocycles. The summed E-state index contributed by atoms with van der Waals surface area (Å²) in [4.78, 5) is 10.2. The van der Waals surface area contributed by atoms with Crippen LogP contribution in [0.1, 0.15) is 79.1 Å². The molecule has 4 nitrogen and oxygen atoms in total. The standard InChI is InChI=1S/C16H36N.C12H10N2O/c1-5-9-13-17(14-10-6-2,15-11-7-3)16-12-8-4;15-14-12-8-6-11(7-9-12)13-10-4-2-1-3-5-10/h5-16H2,1-4H3;1-9,13H/q+1;. The molecule has 0 saturated carbocycles. The number of anilines is 2. The van der Waals surface area contributed by atoms with Crippen molar-refractivity contribution in [1.82, 2.24) is 0 Å². The van der Waals surface area contributed by atoms with Crippen LogP contribution in [-0.2, 0) is 0 Å². The van der Waals surface area contributed by atoms with Crippen LogP contribution in [0.5, 0.6) is 0 Å². The molecule has 2 aromatic rings. The van der Waals surface area contributed by atoms with Crippen molar-refractivity contribution in [3.05, 3.63) is 59.5 Å². The van der Waals surface area contributed by atoms with Crippen molar-refractivity contribution in [1.29, 1.82) is 0 Å². The molecule has 0 saturated heterocycles. The van der Waals surface area contributed by atoms with Gasteiger partial charge in [-0.25, -0.2) is 0 Å². The van der Waals surface area contributed by atoms with E-state index in [2.05, 4.69) is 38.2 Å². The van der Waals surface area contributed by atoms with Gasteiger partial charge in [0.05, 0.1) is 26.2 Å². The highest BCUT2D eigenvalue weighted by Gasteiger charge is 2.24. The minimum atomic E-state index is 0.439. The van der Waals surface area contributed by atoms with E-state index < -0.39 is 0 Å². The average Bonchev–Trinajstić information content (AvgIpc) is 2.85. The molecule has 0 bridgehead atoms. The molecule has 0 radical (unpaired) electrons. The van der Waals surface area contributed by atoms with Crippen molar-refractivity contribution in [2.24, 2.45) is 5.18 Å². The topological polar surface area (TPSA) is 41.5 Å². The molecule has 0 atom stereocenters. The van der Waals surface area contributed by atoms with Crippen LogP contribution in [0.25, 0.3) is 0 Å². The van der Waals surface area contributed by atoms with Crippen LogP contribution in [0.4, 0.5) is 17.1 Å². The maximum atomic E-state index is 10.2. The van der Waals surface area contributed by atoms with E-state index in [0.29, 0.717) is 5.69 Å². The molecule has 2 aromatic carbocycles. The van der Waals surface area contributed by atoms with Crippen molar-refractivity contribution >= 4 is 17.1 Å². The Morgan fingerprint density at radius 2 is 1.03 bits per heavy atom. The van der Waals surface area contributed by atoms with Crippen molar-refractivity contribution in [3.8, 4) is 0 Å². The van der Waals surface area contributed by atoms with Crippen LogP contribution in [0.2, 0.25) is 0 Å². The minimum absolute atomic E-state index is 0.439. The molecule has 0 aromatic heterocycles. The lowest BCUT2D eigenvalue weighted by Crippen LogP contribution is -2.50. The fourth-order valence-corrected chi connectivity index (χ4v) is 3.94. The van der Waals surface area contributed by atoms with Crippen LogP contribution in [0.3, 0.4) is 0 Å². The van der Waals surface area contributed by atoms with Gasteiger partial charge in [-0.05, 0) is 67.3 Å². The Bertz CT molecular complexity index is 663. The van der Waals surface area contributed by atoms with Crippen molar-refractivity contribution < 1.29 is 4.48 Å². The van der Waals surface area contributed by atoms with E-state index in [1.54, 1.807) is 12.1 Å². The molecule has 2 rings (SSSR count). The molecule has 178 valence electrons. The number of benzene rings is 2. The van der Waals surface area contributed by atoms with E-state index in [0.717, 1.165) is 11.4 Å². The summed E-state index contributed by atoms with van der Waals surface area (Å²) in [7, 11) is 0. The monoisotopic (exact) mass is 440 g/mol. The third kappa shape index (κ3) is 11.4. The Labute approximate surface area is 197 Å². The summed E-state index contributed by atoms with van der Waals surface area (Å²) < 4.78 is 1.42. The zero-order valence-electron chi connectivity index (χ0n) is 21.0. The lowest BCUT2D eigenvalue weighted by molar-refractivity contribution is -0.929. The third-order valence-corrected chi connectivity index (χ3v) is 5.98. The summed E-state index contributed by atoms with van der Waals surface area (Å²) in [6.45, 7) is 15.0. The Kier molecular flexibility index (Phi) is 15.1. The molecule has 0 unspecified atom stereocenters. The highest BCUT2D eigenvalue weighted by molar-refractivity contribution is 5.61. The Morgan fingerprint density at radius 1 is 0.625 bits per heavy atom. The molecule has 0 aliphatic carbocycles. The number of rotatable bonds is 15. The number of quaternary nitrogens is 1. The van der Waals surface area contributed by atoms with Crippen molar-refractivity contribution in [2.75, 3.05) is 31.5 Å². The van der Waals surface area contributed by atoms with Gasteiger partial charge in [0.15, 0.2) is 0 Å². The first-order valence-corrected chi connectivity index (χ1v) is 12.7. The lowest BCUT2D eigenvalue weighted by atomic mass is 10.1. The van der Waals surface area contributed by atoms with Gasteiger partial charge in [-0.1, -0.05) is 71.6 Å². The van der Waals surface area contributed by atoms with Gasteiger partial charge in [-0.2, -0.15) is 0 Å². The van der Waals surface area contributed by atoms with E-state index >= 15 is 0 Å². The molecule has 0 fully saturated rings. The number of nitrogens with one attached hydrogen (secondary N) is 1. The van der Waals surface area contributed by atoms with Gasteiger partial charge in [0.1, 0.15) is 5.69 Å². The third-order valence-electron chi connectivity index (χ3n) is 5.98. The highest BCUT2D eigenvalue weighted by atomic mass is 16.3. The quantitative estimate of drug-likeness (QED) is 0.222. The molecule has 0 amide bonds. The lowest BCUT2D eigenvalue weighted by Gasteiger charge is -2.39. The van der Waals surface area contributed by atoms with Gasteiger partial charge < -0.3 is 9.80 Å². The number of hydrogen-bond acceptors (Lipinski definition) is 3. The van der Waals surface area contributed by atoms with Gasteiger partial charge in [-0.15, -0.1) is 4.91 Å². The average molecular weight is 441 g/mol. The van der Waals surface area contributed by atoms with E-state index in [-0.39, 0.29) is 0 Å². The SMILES string of the molecule is CCCC[N+](CCCC)(CCCC)CCCC.O=Nc1ccc(Nc2ccccc2)cc1. The van der Waals surface area contributed by atoms with Crippen LogP contribution in [0, 0.1) is 4.91 Å². The van der Waals surface area contributed by atoms with Crippen LogP contribution >= 0.6 is 0 Å². The van der Waals surface area contributed by atoms with Gasteiger partial charge in [0.2, 0.25) is 0 Å². The molecular weight excluding hydrogens is 394 g/mol. The second-order valence-corrected chi connectivity index (χ2v) is 8.78. The van der Waals surface area contributed by atoms with Gasteiger partial charge in [-0.3, -0.25) is 0 Å². The predicted octanol–water partition coefficient (Wildman–Crippen LogP) is 8.83. The summed E-state index contributed by atoms with van der Waals surface area (Å²) >= 11 is 0. The number of nitroso groups, excluding NO2 is 1. The Hall–Kier alpha value is -2.20. The Morgan fingerprint density at radius 3 is 1.41 bits per heavy atom. The molecular formula is C28H46N3O+.